The van der Waals surface area contributed by atoms with Crippen LogP contribution in [0.25, 0.3) is 21.8 Å². The van der Waals surface area contributed by atoms with E-state index in [0.29, 0.717) is 0 Å². The number of ether oxygens (including phenoxy) is 1. The average Bonchev–Trinajstić information content (AvgIpc) is 2.91. The SMILES string of the molecule is COc1c(C)ccc2c3cccc(Cl)c3n(CC3CCCCC3)c12. The molecule has 126 valence electrons. The van der Waals surface area contributed by atoms with Gasteiger partial charge in [-0.05, 0) is 37.3 Å². The molecule has 0 N–H and O–H groups in total. The second-order valence-electron chi connectivity index (χ2n) is 7.06. The van der Waals surface area contributed by atoms with Gasteiger partial charge in [0.25, 0.3) is 0 Å². The van der Waals surface area contributed by atoms with E-state index in [9.17, 15) is 0 Å². The molecule has 1 aliphatic carbocycles. The third-order valence-electron chi connectivity index (χ3n) is 5.51. The normalized spacial score (nSPS) is 16.1. The first-order valence-electron chi connectivity index (χ1n) is 8.94. The van der Waals surface area contributed by atoms with Gasteiger partial charge in [-0.25, -0.2) is 0 Å². The number of rotatable bonds is 3. The van der Waals surface area contributed by atoms with Crippen molar-refractivity contribution in [1.82, 2.24) is 4.57 Å². The maximum atomic E-state index is 6.63. The number of fused-ring (bicyclic) bond motifs is 3. The minimum Gasteiger partial charge on any atom is -0.494 e. The Kier molecular flexibility index (Phi) is 4.17. The van der Waals surface area contributed by atoms with Gasteiger partial charge in [0.1, 0.15) is 5.75 Å². The second-order valence-corrected chi connectivity index (χ2v) is 7.47. The first kappa shape index (κ1) is 15.8. The van der Waals surface area contributed by atoms with Gasteiger partial charge >= 0.3 is 0 Å². The predicted molar refractivity (Wildman–Crippen MR) is 102 cm³/mol. The summed E-state index contributed by atoms with van der Waals surface area (Å²) in [4.78, 5) is 0. The molecule has 0 aliphatic heterocycles. The van der Waals surface area contributed by atoms with Crippen LogP contribution >= 0.6 is 11.6 Å². The van der Waals surface area contributed by atoms with Crippen molar-refractivity contribution in [3.63, 3.8) is 0 Å². The summed E-state index contributed by atoms with van der Waals surface area (Å²) in [5.41, 5.74) is 3.53. The fourth-order valence-electron chi connectivity index (χ4n) is 4.34. The Morgan fingerprint density at radius 2 is 1.79 bits per heavy atom. The van der Waals surface area contributed by atoms with Crippen LogP contribution in [0.1, 0.15) is 37.7 Å². The van der Waals surface area contributed by atoms with E-state index in [1.54, 1.807) is 7.11 Å². The molecule has 24 heavy (non-hydrogen) atoms. The Morgan fingerprint density at radius 1 is 1.04 bits per heavy atom. The van der Waals surface area contributed by atoms with Crippen LogP contribution in [-0.2, 0) is 6.54 Å². The number of hydrogen-bond donors (Lipinski definition) is 0. The van der Waals surface area contributed by atoms with Crippen molar-refractivity contribution in [3.8, 4) is 5.75 Å². The zero-order chi connectivity index (χ0) is 16.7. The van der Waals surface area contributed by atoms with E-state index >= 15 is 0 Å². The van der Waals surface area contributed by atoms with Crippen LogP contribution in [0, 0.1) is 12.8 Å². The van der Waals surface area contributed by atoms with Crippen molar-refractivity contribution in [2.45, 2.75) is 45.6 Å². The first-order chi connectivity index (χ1) is 11.7. The summed E-state index contributed by atoms with van der Waals surface area (Å²) in [6.07, 6.45) is 6.73. The van der Waals surface area contributed by atoms with Crippen molar-refractivity contribution in [3.05, 3.63) is 40.9 Å². The van der Waals surface area contributed by atoms with Crippen LogP contribution in [0.15, 0.2) is 30.3 Å². The van der Waals surface area contributed by atoms with Gasteiger partial charge < -0.3 is 9.30 Å². The fraction of sp³-hybridized carbons (Fsp3) is 0.429. The lowest BCUT2D eigenvalue weighted by Gasteiger charge is -2.23. The van der Waals surface area contributed by atoms with Crippen LogP contribution in [0.4, 0.5) is 0 Å². The Balaban J connectivity index is 2.00. The zero-order valence-corrected chi connectivity index (χ0v) is 15.2. The Bertz CT molecular complexity index is 890. The summed E-state index contributed by atoms with van der Waals surface area (Å²) in [6, 6.07) is 10.6. The van der Waals surface area contributed by atoms with Crippen LogP contribution in [0.3, 0.4) is 0 Å². The molecule has 0 bridgehead atoms. The summed E-state index contributed by atoms with van der Waals surface area (Å²) in [7, 11) is 1.77. The number of nitrogens with zero attached hydrogens (tertiary/aromatic N) is 1. The maximum Gasteiger partial charge on any atom is 0.146 e. The first-order valence-corrected chi connectivity index (χ1v) is 9.32. The molecule has 1 saturated carbocycles. The van der Waals surface area contributed by atoms with Crippen LogP contribution in [-0.4, -0.2) is 11.7 Å². The quantitative estimate of drug-likeness (QED) is 0.541. The van der Waals surface area contributed by atoms with Gasteiger partial charge in [-0.2, -0.15) is 0 Å². The molecule has 1 fully saturated rings. The number of para-hydroxylation sites is 1. The molecular weight excluding hydrogens is 318 g/mol. The summed E-state index contributed by atoms with van der Waals surface area (Å²) in [6.45, 7) is 3.14. The van der Waals surface area contributed by atoms with E-state index in [-0.39, 0.29) is 0 Å². The lowest BCUT2D eigenvalue weighted by atomic mass is 9.89. The second kappa shape index (κ2) is 6.33. The summed E-state index contributed by atoms with van der Waals surface area (Å²) in [5, 5.41) is 3.30. The molecule has 2 nitrogen and oxygen atoms in total. The summed E-state index contributed by atoms with van der Waals surface area (Å²) >= 11 is 6.63. The number of benzene rings is 2. The number of halogens is 1. The molecule has 3 heteroatoms. The van der Waals surface area contributed by atoms with Crippen LogP contribution in [0.2, 0.25) is 5.02 Å². The molecule has 1 heterocycles. The summed E-state index contributed by atoms with van der Waals surface area (Å²) < 4.78 is 8.22. The highest BCUT2D eigenvalue weighted by molar-refractivity contribution is 6.36. The lowest BCUT2D eigenvalue weighted by Crippen LogP contribution is -2.14. The maximum absolute atomic E-state index is 6.63. The number of methoxy groups -OCH3 is 1. The standard InChI is InChI=1S/C21H24ClNO/c1-14-11-12-17-16-9-6-10-18(22)19(16)23(20(17)21(14)24-2)13-15-7-4-3-5-8-15/h6,9-12,15H,3-5,7-8,13H2,1-2H3. The minimum atomic E-state index is 0.735. The topological polar surface area (TPSA) is 14.2 Å². The van der Waals surface area contributed by atoms with Crippen molar-refractivity contribution in [1.29, 1.82) is 0 Å². The van der Waals surface area contributed by atoms with Gasteiger partial charge in [-0.15, -0.1) is 0 Å². The van der Waals surface area contributed by atoms with Crippen molar-refractivity contribution in [2.24, 2.45) is 5.92 Å². The monoisotopic (exact) mass is 341 g/mol. The third-order valence-corrected chi connectivity index (χ3v) is 5.82. The molecule has 0 amide bonds. The smallest absolute Gasteiger partial charge is 0.146 e. The molecule has 2 aromatic carbocycles. The summed E-state index contributed by atoms with van der Waals surface area (Å²) in [5.74, 6) is 1.72. The van der Waals surface area contributed by atoms with E-state index < -0.39 is 0 Å². The highest BCUT2D eigenvalue weighted by Crippen LogP contribution is 2.40. The van der Waals surface area contributed by atoms with Crippen molar-refractivity contribution < 1.29 is 4.74 Å². The Morgan fingerprint density at radius 3 is 2.54 bits per heavy atom. The molecule has 0 atom stereocenters. The molecule has 0 unspecified atom stereocenters. The predicted octanol–water partition coefficient (Wildman–Crippen LogP) is 6.35. The molecule has 1 aromatic heterocycles. The highest BCUT2D eigenvalue weighted by Gasteiger charge is 2.21. The van der Waals surface area contributed by atoms with Crippen molar-refractivity contribution >= 4 is 33.4 Å². The molecule has 1 aliphatic rings. The molecule has 3 aromatic rings. The minimum absolute atomic E-state index is 0.735. The van der Waals surface area contributed by atoms with E-state index in [1.165, 1.54) is 54.0 Å². The van der Waals surface area contributed by atoms with Crippen LogP contribution in [0.5, 0.6) is 5.75 Å². The fourth-order valence-corrected chi connectivity index (χ4v) is 4.62. The van der Waals surface area contributed by atoms with E-state index in [0.717, 1.165) is 28.8 Å². The van der Waals surface area contributed by atoms with Gasteiger partial charge in [-0.1, -0.05) is 55.1 Å². The van der Waals surface area contributed by atoms with Gasteiger partial charge in [0.2, 0.25) is 0 Å². The van der Waals surface area contributed by atoms with E-state index in [4.69, 9.17) is 16.3 Å². The Labute approximate surface area is 148 Å². The number of aryl methyl sites for hydroxylation is 1. The molecule has 0 spiro atoms. The molecular formula is C21H24ClNO. The Hall–Kier alpha value is -1.67. The van der Waals surface area contributed by atoms with Gasteiger partial charge in [0, 0.05) is 17.3 Å². The zero-order valence-electron chi connectivity index (χ0n) is 14.4. The van der Waals surface area contributed by atoms with Gasteiger partial charge in [0.15, 0.2) is 0 Å². The average molecular weight is 342 g/mol. The molecule has 4 rings (SSSR count). The van der Waals surface area contributed by atoms with Gasteiger partial charge in [-0.3, -0.25) is 0 Å². The van der Waals surface area contributed by atoms with E-state index in [2.05, 4.69) is 29.7 Å². The third kappa shape index (κ3) is 2.48. The molecule has 0 radical (unpaired) electrons. The van der Waals surface area contributed by atoms with Crippen molar-refractivity contribution in [2.75, 3.05) is 7.11 Å². The van der Waals surface area contributed by atoms with Gasteiger partial charge in [0.05, 0.1) is 23.2 Å². The largest absolute Gasteiger partial charge is 0.494 e. The highest BCUT2D eigenvalue weighted by atomic mass is 35.5. The molecule has 0 saturated heterocycles. The van der Waals surface area contributed by atoms with E-state index in [1.807, 2.05) is 12.1 Å². The number of hydrogen-bond acceptors (Lipinski definition) is 1. The van der Waals surface area contributed by atoms with Crippen LogP contribution < -0.4 is 4.74 Å². The number of aromatic nitrogens is 1. The lowest BCUT2D eigenvalue weighted by molar-refractivity contribution is 0.324.